The van der Waals surface area contributed by atoms with Gasteiger partial charge >= 0.3 is 0 Å². The van der Waals surface area contributed by atoms with Crippen LogP contribution in [0.1, 0.15) is 65.2 Å². The molecule has 1 aliphatic carbocycles. The van der Waals surface area contributed by atoms with Gasteiger partial charge in [0.15, 0.2) is 0 Å². The normalized spacial score (nSPS) is 27.1. The molecule has 0 spiro atoms. The molecule has 0 aromatic heterocycles. The summed E-state index contributed by atoms with van der Waals surface area (Å²) >= 11 is 0. The molecule has 0 radical (unpaired) electrons. The summed E-state index contributed by atoms with van der Waals surface area (Å²) in [4.78, 5) is 26.7. The van der Waals surface area contributed by atoms with Crippen molar-refractivity contribution in [1.29, 1.82) is 0 Å². The van der Waals surface area contributed by atoms with E-state index < -0.39 is 0 Å². The SMILES string of the molecule is CCCC(C)N1CCC(=O)NC(C2CCCCC2)C1=O. The summed E-state index contributed by atoms with van der Waals surface area (Å²) < 4.78 is 0. The van der Waals surface area contributed by atoms with Crippen LogP contribution in [0.5, 0.6) is 0 Å². The van der Waals surface area contributed by atoms with Crippen molar-refractivity contribution < 1.29 is 9.59 Å². The van der Waals surface area contributed by atoms with E-state index >= 15 is 0 Å². The Balaban J connectivity index is 2.11. The first-order chi connectivity index (χ1) is 9.63. The van der Waals surface area contributed by atoms with Crippen molar-refractivity contribution in [2.75, 3.05) is 6.54 Å². The maximum Gasteiger partial charge on any atom is 0.245 e. The van der Waals surface area contributed by atoms with Crippen LogP contribution in [0.25, 0.3) is 0 Å². The molecule has 2 atom stereocenters. The van der Waals surface area contributed by atoms with Gasteiger partial charge in [-0.05, 0) is 32.1 Å². The lowest BCUT2D eigenvalue weighted by atomic mass is 9.83. The third kappa shape index (κ3) is 3.53. The first kappa shape index (κ1) is 15.3. The molecular formula is C16H28N2O2. The van der Waals surface area contributed by atoms with E-state index in [1.807, 2.05) is 4.90 Å². The molecule has 1 heterocycles. The predicted octanol–water partition coefficient (Wildman–Crippen LogP) is 2.47. The summed E-state index contributed by atoms with van der Waals surface area (Å²) in [6, 6.07) is -0.0316. The molecule has 4 nitrogen and oxygen atoms in total. The molecule has 0 aromatic carbocycles. The number of rotatable bonds is 4. The standard InChI is InChI=1S/C16H28N2O2/c1-3-7-12(2)18-11-10-14(19)17-15(16(18)20)13-8-5-4-6-9-13/h12-13,15H,3-11H2,1-2H3,(H,17,19). The van der Waals surface area contributed by atoms with E-state index in [0.29, 0.717) is 18.9 Å². The van der Waals surface area contributed by atoms with E-state index in [-0.39, 0.29) is 23.9 Å². The third-order valence-electron chi connectivity index (χ3n) is 4.81. The van der Waals surface area contributed by atoms with Gasteiger partial charge in [0.05, 0.1) is 0 Å². The van der Waals surface area contributed by atoms with Gasteiger partial charge in [0.25, 0.3) is 0 Å². The molecule has 20 heavy (non-hydrogen) atoms. The van der Waals surface area contributed by atoms with Gasteiger partial charge in [-0.15, -0.1) is 0 Å². The molecule has 2 fully saturated rings. The van der Waals surface area contributed by atoms with Crippen molar-refractivity contribution in [1.82, 2.24) is 10.2 Å². The molecule has 1 N–H and O–H groups in total. The Labute approximate surface area is 122 Å². The fourth-order valence-corrected chi connectivity index (χ4v) is 3.62. The maximum atomic E-state index is 12.8. The van der Waals surface area contributed by atoms with Gasteiger partial charge in [0.1, 0.15) is 6.04 Å². The zero-order valence-corrected chi connectivity index (χ0v) is 12.9. The Hall–Kier alpha value is -1.06. The molecular weight excluding hydrogens is 252 g/mol. The lowest BCUT2D eigenvalue weighted by Crippen LogP contribution is -2.51. The second kappa shape index (κ2) is 7.09. The van der Waals surface area contributed by atoms with Crippen LogP contribution in [-0.2, 0) is 9.59 Å². The molecule has 1 saturated heterocycles. The number of carbonyl (C=O) groups excluding carboxylic acids is 2. The summed E-state index contributed by atoms with van der Waals surface area (Å²) in [6.07, 6.45) is 8.32. The Bertz CT molecular complexity index is 350. The van der Waals surface area contributed by atoms with E-state index in [1.54, 1.807) is 0 Å². The van der Waals surface area contributed by atoms with Crippen molar-refractivity contribution >= 4 is 11.8 Å². The number of nitrogens with one attached hydrogen (secondary N) is 1. The van der Waals surface area contributed by atoms with Crippen LogP contribution < -0.4 is 5.32 Å². The first-order valence-electron chi connectivity index (χ1n) is 8.23. The molecule has 114 valence electrons. The van der Waals surface area contributed by atoms with E-state index in [4.69, 9.17) is 0 Å². The summed E-state index contributed by atoms with van der Waals surface area (Å²) in [6.45, 7) is 4.82. The lowest BCUT2D eigenvalue weighted by Gasteiger charge is -2.34. The second-order valence-corrected chi connectivity index (χ2v) is 6.36. The smallest absolute Gasteiger partial charge is 0.245 e. The fourth-order valence-electron chi connectivity index (χ4n) is 3.62. The molecule has 2 aliphatic rings. The molecule has 0 bridgehead atoms. The third-order valence-corrected chi connectivity index (χ3v) is 4.81. The van der Waals surface area contributed by atoms with Crippen LogP contribution in [0.15, 0.2) is 0 Å². The van der Waals surface area contributed by atoms with Crippen LogP contribution in [0, 0.1) is 5.92 Å². The van der Waals surface area contributed by atoms with Crippen molar-refractivity contribution in [2.24, 2.45) is 5.92 Å². The monoisotopic (exact) mass is 280 g/mol. The number of amides is 2. The van der Waals surface area contributed by atoms with Gasteiger partial charge in [0.2, 0.25) is 11.8 Å². The van der Waals surface area contributed by atoms with Crippen molar-refractivity contribution in [3.8, 4) is 0 Å². The Morgan fingerprint density at radius 2 is 1.95 bits per heavy atom. The summed E-state index contributed by atoms with van der Waals surface area (Å²) in [5.41, 5.74) is 0. The van der Waals surface area contributed by atoms with Gasteiger partial charge in [-0.1, -0.05) is 32.6 Å². The van der Waals surface area contributed by atoms with Crippen molar-refractivity contribution in [2.45, 2.75) is 77.3 Å². The fraction of sp³-hybridized carbons (Fsp3) is 0.875. The largest absolute Gasteiger partial charge is 0.344 e. The summed E-state index contributed by atoms with van der Waals surface area (Å²) in [7, 11) is 0. The maximum absolute atomic E-state index is 12.8. The van der Waals surface area contributed by atoms with Crippen LogP contribution in [0.2, 0.25) is 0 Å². The topological polar surface area (TPSA) is 49.4 Å². The Morgan fingerprint density at radius 1 is 1.25 bits per heavy atom. The number of carbonyl (C=O) groups is 2. The zero-order valence-electron chi connectivity index (χ0n) is 12.9. The Kier molecular flexibility index (Phi) is 5.44. The van der Waals surface area contributed by atoms with E-state index in [0.717, 1.165) is 25.7 Å². The highest BCUT2D eigenvalue weighted by molar-refractivity contribution is 5.90. The van der Waals surface area contributed by atoms with Gasteiger partial charge < -0.3 is 10.2 Å². The molecule has 2 amide bonds. The van der Waals surface area contributed by atoms with Crippen LogP contribution >= 0.6 is 0 Å². The van der Waals surface area contributed by atoms with E-state index in [9.17, 15) is 9.59 Å². The number of nitrogens with zero attached hydrogens (tertiary/aromatic N) is 1. The summed E-state index contributed by atoms with van der Waals surface area (Å²) in [5, 5.41) is 3.00. The van der Waals surface area contributed by atoms with E-state index in [2.05, 4.69) is 19.2 Å². The van der Waals surface area contributed by atoms with Crippen LogP contribution in [0.4, 0.5) is 0 Å². The summed E-state index contributed by atoms with van der Waals surface area (Å²) in [5.74, 6) is 0.540. The Morgan fingerprint density at radius 3 is 2.60 bits per heavy atom. The molecule has 4 heteroatoms. The quantitative estimate of drug-likeness (QED) is 0.860. The highest BCUT2D eigenvalue weighted by Crippen LogP contribution is 2.28. The van der Waals surface area contributed by atoms with Crippen molar-refractivity contribution in [3.05, 3.63) is 0 Å². The minimum atomic E-state index is -0.274. The molecule has 1 saturated carbocycles. The molecule has 2 unspecified atom stereocenters. The average molecular weight is 280 g/mol. The minimum Gasteiger partial charge on any atom is -0.344 e. The molecule has 0 aromatic rings. The molecule has 1 aliphatic heterocycles. The van der Waals surface area contributed by atoms with Crippen LogP contribution in [-0.4, -0.2) is 35.3 Å². The van der Waals surface area contributed by atoms with Crippen molar-refractivity contribution in [3.63, 3.8) is 0 Å². The van der Waals surface area contributed by atoms with Gasteiger partial charge in [-0.3, -0.25) is 9.59 Å². The first-order valence-corrected chi connectivity index (χ1v) is 8.23. The minimum absolute atomic E-state index is 0.0418. The second-order valence-electron chi connectivity index (χ2n) is 6.36. The van der Waals surface area contributed by atoms with Gasteiger partial charge in [-0.25, -0.2) is 0 Å². The average Bonchev–Trinajstić information content (AvgIpc) is 2.60. The zero-order chi connectivity index (χ0) is 14.5. The number of hydrogen-bond donors (Lipinski definition) is 1. The van der Waals surface area contributed by atoms with Gasteiger partial charge in [0, 0.05) is 19.0 Å². The predicted molar refractivity (Wildman–Crippen MR) is 79.2 cm³/mol. The lowest BCUT2D eigenvalue weighted by molar-refractivity contribution is -0.137. The molecule has 2 rings (SSSR count). The van der Waals surface area contributed by atoms with Crippen LogP contribution in [0.3, 0.4) is 0 Å². The van der Waals surface area contributed by atoms with Gasteiger partial charge in [-0.2, -0.15) is 0 Å². The van der Waals surface area contributed by atoms with E-state index in [1.165, 1.54) is 19.3 Å². The highest BCUT2D eigenvalue weighted by Gasteiger charge is 2.37. The number of hydrogen-bond acceptors (Lipinski definition) is 2. The highest BCUT2D eigenvalue weighted by atomic mass is 16.2.